The fraction of sp³-hybridized carbons (Fsp3) is 0.917. The second-order valence-electron chi connectivity index (χ2n) is 5.40. The first kappa shape index (κ1) is 12.4. The first-order valence-corrected chi connectivity index (χ1v) is 7.00. The zero-order valence-corrected chi connectivity index (χ0v) is 11.6. The third-order valence-corrected chi connectivity index (χ3v) is 4.37. The zero-order valence-electron chi connectivity index (χ0n) is 10.0. The van der Waals surface area contributed by atoms with Gasteiger partial charge in [0.25, 0.3) is 0 Å². The highest BCUT2D eigenvalue weighted by atomic mass is 79.9. The van der Waals surface area contributed by atoms with Crippen LogP contribution in [0.3, 0.4) is 0 Å². The summed E-state index contributed by atoms with van der Waals surface area (Å²) in [5.74, 6) is 0.272. The first-order chi connectivity index (χ1) is 7.49. The third-order valence-electron chi connectivity index (χ3n) is 3.52. The molecule has 4 heteroatoms. The van der Waals surface area contributed by atoms with E-state index in [1.54, 1.807) is 0 Å². The number of piperidine rings is 1. The Morgan fingerprint density at radius 1 is 1.44 bits per heavy atom. The second kappa shape index (κ2) is 4.65. The molecule has 2 saturated heterocycles. The number of likely N-dealkylation sites (tertiary alicyclic amines) is 1. The lowest BCUT2D eigenvalue weighted by molar-refractivity contribution is -0.141. The van der Waals surface area contributed by atoms with Crippen molar-refractivity contribution in [2.45, 2.75) is 56.0 Å². The Bertz CT molecular complexity index is 280. The van der Waals surface area contributed by atoms with Crippen LogP contribution in [0, 0.1) is 0 Å². The molecule has 1 amide bonds. The zero-order chi connectivity index (χ0) is 11.8. The van der Waals surface area contributed by atoms with Crippen LogP contribution in [-0.4, -0.2) is 40.4 Å². The molecule has 0 aromatic carbocycles. The monoisotopic (exact) mass is 289 g/mol. The van der Waals surface area contributed by atoms with E-state index in [0.717, 1.165) is 38.8 Å². The molecule has 16 heavy (non-hydrogen) atoms. The van der Waals surface area contributed by atoms with E-state index in [0.29, 0.717) is 6.04 Å². The fourth-order valence-corrected chi connectivity index (χ4v) is 3.27. The van der Waals surface area contributed by atoms with Gasteiger partial charge in [-0.3, -0.25) is 4.79 Å². The minimum Gasteiger partial charge on any atom is -0.375 e. The van der Waals surface area contributed by atoms with Gasteiger partial charge in [-0.2, -0.15) is 0 Å². The molecule has 2 heterocycles. The summed E-state index contributed by atoms with van der Waals surface area (Å²) in [6.07, 6.45) is 4.02. The van der Waals surface area contributed by atoms with Crippen LogP contribution >= 0.6 is 15.9 Å². The van der Waals surface area contributed by atoms with Gasteiger partial charge < -0.3 is 9.64 Å². The Labute approximate surface area is 106 Å². The molecule has 0 bridgehead atoms. The minimum atomic E-state index is -0.0809. The number of ether oxygens (including phenoxy) is 1. The normalized spacial score (nSPS) is 35.2. The lowest BCUT2D eigenvalue weighted by Crippen LogP contribution is -2.52. The number of carbonyl (C=O) groups is 1. The first-order valence-electron chi connectivity index (χ1n) is 6.08. The molecule has 2 unspecified atom stereocenters. The number of halogens is 1. The van der Waals surface area contributed by atoms with E-state index in [-0.39, 0.29) is 16.3 Å². The van der Waals surface area contributed by atoms with E-state index in [1.807, 2.05) is 0 Å². The van der Waals surface area contributed by atoms with E-state index in [4.69, 9.17) is 4.74 Å². The van der Waals surface area contributed by atoms with Crippen molar-refractivity contribution in [3.8, 4) is 0 Å². The van der Waals surface area contributed by atoms with Crippen molar-refractivity contribution in [3.63, 3.8) is 0 Å². The SMILES string of the molecule is CC1(C)CC(N2CCCC(Br)C2=O)CCO1. The molecule has 0 radical (unpaired) electrons. The molecule has 2 fully saturated rings. The number of hydrogen-bond donors (Lipinski definition) is 0. The van der Waals surface area contributed by atoms with E-state index >= 15 is 0 Å². The molecular weight excluding hydrogens is 270 g/mol. The van der Waals surface area contributed by atoms with E-state index in [2.05, 4.69) is 34.7 Å². The Hall–Kier alpha value is -0.0900. The molecule has 2 rings (SSSR count). The molecule has 0 spiro atoms. The van der Waals surface area contributed by atoms with Gasteiger partial charge in [-0.25, -0.2) is 0 Å². The summed E-state index contributed by atoms with van der Waals surface area (Å²) in [6, 6.07) is 0.372. The number of carbonyl (C=O) groups excluding carboxylic acids is 1. The lowest BCUT2D eigenvalue weighted by Gasteiger charge is -2.43. The number of alkyl halides is 1. The summed E-state index contributed by atoms with van der Waals surface area (Å²) >= 11 is 3.47. The standard InChI is InChI=1S/C12H20BrNO2/c1-12(2)8-9(5-7-16-12)14-6-3-4-10(13)11(14)15/h9-10H,3-8H2,1-2H3. The molecule has 2 aliphatic heterocycles. The average molecular weight is 290 g/mol. The van der Waals surface area contributed by atoms with Gasteiger partial charge in [-0.1, -0.05) is 15.9 Å². The quantitative estimate of drug-likeness (QED) is 0.694. The number of rotatable bonds is 1. The van der Waals surface area contributed by atoms with E-state index < -0.39 is 0 Å². The summed E-state index contributed by atoms with van der Waals surface area (Å²) in [5, 5.41) is 0. The highest BCUT2D eigenvalue weighted by Crippen LogP contribution is 2.30. The molecule has 92 valence electrons. The molecular formula is C12H20BrNO2. The summed E-state index contributed by atoms with van der Waals surface area (Å²) in [4.78, 5) is 14.2. The predicted octanol–water partition coefficient (Wildman–Crippen LogP) is 2.33. The number of hydrogen-bond acceptors (Lipinski definition) is 2. The van der Waals surface area contributed by atoms with Gasteiger partial charge >= 0.3 is 0 Å². The minimum absolute atomic E-state index is 0.0345. The van der Waals surface area contributed by atoms with Gasteiger partial charge in [0.05, 0.1) is 10.4 Å². The summed E-state index contributed by atoms with van der Waals surface area (Å²) < 4.78 is 5.70. The Morgan fingerprint density at radius 3 is 2.88 bits per heavy atom. The molecule has 0 aromatic heterocycles. The number of amides is 1. The Kier molecular flexibility index (Phi) is 3.59. The fourth-order valence-electron chi connectivity index (χ4n) is 2.68. The van der Waals surface area contributed by atoms with Crippen molar-refractivity contribution >= 4 is 21.8 Å². The van der Waals surface area contributed by atoms with Crippen LogP contribution < -0.4 is 0 Å². The largest absolute Gasteiger partial charge is 0.375 e. The van der Waals surface area contributed by atoms with Gasteiger partial charge in [0.1, 0.15) is 0 Å². The smallest absolute Gasteiger partial charge is 0.236 e. The highest BCUT2D eigenvalue weighted by Gasteiger charge is 2.37. The molecule has 2 aliphatic rings. The van der Waals surface area contributed by atoms with E-state index in [9.17, 15) is 4.79 Å². The average Bonchev–Trinajstić information content (AvgIpc) is 2.20. The van der Waals surface area contributed by atoms with Gasteiger partial charge in [-0.05, 0) is 39.5 Å². The maximum atomic E-state index is 12.1. The molecule has 0 aliphatic carbocycles. The van der Waals surface area contributed by atoms with Crippen LogP contribution in [-0.2, 0) is 9.53 Å². The van der Waals surface area contributed by atoms with Crippen molar-refractivity contribution in [3.05, 3.63) is 0 Å². The van der Waals surface area contributed by atoms with Gasteiger partial charge in [-0.15, -0.1) is 0 Å². The van der Waals surface area contributed by atoms with Crippen LogP contribution in [0.25, 0.3) is 0 Å². The van der Waals surface area contributed by atoms with Crippen LogP contribution in [0.2, 0.25) is 0 Å². The maximum Gasteiger partial charge on any atom is 0.236 e. The van der Waals surface area contributed by atoms with Crippen molar-refractivity contribution in [2.75, 3.05) is 13.2 Å². The molecule has 2 atom stereocenters. The summed E-state index contributed by atoms with van der Waals surface area (Å²) in [7, 11) is 0. The number of nitrogens with zero attached hydrogens (tertiary/aromatic N) is 1. The van der Waals surface area contributed by atoms with Crippen molar-refractivity contribution in [2.24, 2.45) is 0 Å². The maximum absolute atomic E-state index is 12.1. The van der Waals surface area contributed by atoms with Crippen LogP contribution in [0.1, 0.15) is 39.5 Å². The summed E-state index contributed by atoms with van der Waals surface area (Å²) in [5.41, 5.74) is -0.0809. The highest BCUT2D eigenvalue weighted by molar-refractivity contribution is 9.10. The molecule has 0 N–H and O–H groups in total. The van der Waals surface area contributed by atoms with Crippen LogP contribution in [0.4, 0.5) is 0 Å². The van der Waals surface area contributed by atoms with Crippen molar-refractivity contribution in [1.29, 1.82) is 0 Å². The lowest BCUT2D eigenvalue weighted by atomic mass is 9.91. The predicted molar refractivity (Wildman–Crippen MR) is 66.7 cm³/mol. The molecule has 3 nitrogen and oxygen atoms in total. The van der Waals surface area contributed by atoms with Gasteiger partial charge in [0.15, 0.2) is 0 Å². The van der Waals surface area contributed by atoms with Crippen LogP contribution in [0.5, 0.6) is 0 Å². The van der Waals surface area contributed by atoms with E-state index in [1.165, 1.54) is 0 Å². The van der Waals surface area contributed by atoms with Gasteiger partial charge in [0.2, 0.25) is 5.91 Å². The van der Waals surface area contributed by atoms with Crippen molar-refractivity contribution in [1.82, 2.24) is 4.90 Å². The Morgan fingerprint density at radius 2 is 2.19 bits per heavy atom. The molecule has 0 aromatic rings. The van der Waals surface area contributed by atoms with Crippen molar-refractivity contribution < 1.29 is 9.53 Å². The topological polar surface area (TPSA) is 29.5 Å². The summed E-state index contributed by atoms with van der Waals surface area (Å²) in [6.45, 7) is 5.91. The Balaban J connectivity index is 2.03. The van der Waals surface area contributed by atoms with Gasteiger partial charge in [0, 0.05) is 19.2 Å². The third kappa shape index (κ3) is 2.59. The van der Waals surface area contributed by atoms with Crippen LogP contribution in [0.15, 0.2) is 0 Å². The second-order valence-corrected chi connectivity index (χ2v) is 6.50. The molecule has 0 saturated carbocycles.